The Hall–Kier alpha value is -1.36. The second-order valence-corrected chi connectivity index (χ2v) is 7.23. The quantitative estimate of drug-likeness (QED) is 0.908. The van der Waals surface area contributed by atoms with Crippen LogP contribution >= 0.6 is 0 Å². The van der Waals surface area contributed by atoms with Crippen molar-refractivity contribution in [3.05, 3.63) is 17.0 Å². The van der Waals surface area contributed by atoms with E-state index in [4.69, 9.17) is 4.74 Å². The number of H-pyrrole nitrogens is 1. The lowest BCUT2D eigenvalue weighted by Gasteiger charge is -2.57. The van der Waals surface area contributed by atoms with Crippen molar-refractivity contribution in [1.29, 1.82) is 0 Å². The number of carbonyl (C=O) groups excluding carboxylic acids is 1. The van der Waals surface area contributed by atoms with E-state index in [0.29, 0.717) is 18.6 Å². The summed E-state index contributed by atoms with van der Waals surface area (Å²) in [5, 5.41) is 7.17. The maximum absolute atomic E-state index is 12.8. The van der Waals surface area contributed by atoms with E-state index in [-0.39, 0.29) is 11.3 Å². The number of aromatic nitrogens is 2. The van der Waals surface area contributed by atoms with E-state index in [1.54, 1.807) is 0 Å². The third-order valence-electron chi connectivity index (χ3n) is 6.11. The van der Waals surface area contributed by atoms with Crippen LogP contribution in [0.1, 0.15) is 56.0 Å². The predicted molar refractivity (Wildman–Crippen MR) is 89.3 cm³/mol. The van der Waals surface area contributed by atoms with Crippen LogP contribution in [0.25, 0.3) is 0 Å². The van der Waals surface area contributed by atoms with Gasteiger partial charge in [-0.15, -0.1) is 0 Å². The van der Waals surface area contributed by atoms with E-state index >= 15 is 0 Å². The van der Waals surface area contributed by atoms with Gasteiger partial charge in [-0.2, -0.15) is 5.10 Å². The molecule has 1 amide bonds. The summed E-state index contributed by atoms with van der Waals surface area (Å²) in [6, 6.07) is 0.335. The average Bonchev–Trinajstić information content (AvgIpc) is 3.14. The van der Waals surface area contributed by atoms with E-state index in [1.165, 1.54) is 25.7 Å². The topological polar surface area (TPSA) is 58.2 Å². The molecule has 128 valence electrons. The normalized spacial score (nSPS) is 25.6. The first-order chi connectivity index (χ1) is 11.0. The number of hydrogen-bond donors (Lipinski definition) is 1. The Morgan fingerprint density at radius 3 is 2.65 bits per heavy atom. The fraction of sp³-hybridized carbons (Fsp3) is 0.778. The highest BCUT2D eigenvalue weighted by atomic mass is 16.5. The number of rotatable bonds is 5. The second-order valence-electron chi connectivity index (χ2n) is 7.23. The zero-order valence-corrected chi connectivity index (χ0v) is 14.8. The summed E-state index contributed by atoms with van der Waals surface area (Å²) < 4.78 is 5.97. The lowest BCUT2D eigenvalue weighted by molar-refractivity contribution is -0.172. The van der Waals surface area contributed by atoms with Crippen molar-refractivity contribution in [1.82, 2.24) is 15.1 Å². The van der Waals surface area contributed by atoms with Crippen molar-refractivity contribution in [2.24, 2.45) is 5.41 Å². The molecule has 0 bridgehead atoms. The van der Waals surface area contributed by atoms with Gasteiger partial charge < -0.3 is 9.64 Å². The number of hydrogen-bond acceptors (Lipinski definition) is 3. The number of aromatic amines is 1. The zero-order chi connectivity index (χ0) is 16.6. The lowest BCUT2D eigenvalue weighted by atomic mass is 9.60. The number of nitrogens with one attached hydrogen (secondary N) is 1. The van der Waals surface area contributed by atoms with E-state index in [9.17, 15) is 4.79 Å². The molecule has 1 aromatic rings. The van der Waals surface area contributed by atoms with Gasteiger partial charge in [-0.3, -0.25) is 9.89 Å². The summed E-state index contributed by atoms with van der Waals surface area (Å²) in [6.07, 6.45) is 6.70. The number of amides is 1. The Kier molecular flexibility index (Phi) is 4.50. The highest BCUT2D eigenvalue weighted by molar-refractivity contribution is 5.79. The minimum atomic E-state index is 0.198. The van der Waals surface area contributed by atoms with Crippen LogP contribution in [0.2, 0.25) is 0 Å². The second kappa shape index (κ2) is 6.27. The van der Waals surface area contributed by atoms with Gasteiger partial charge in [-0.1, -0.05) is 12.8 Å². The van der Waals surface area contributed by atoms with Gasteiger partial charge in [-0.05, 0) is 40.0 Å². The number of likely N-dealkylation sites (N-methyl/N-ethyl adjacent to an activating group) is 1. The molecule has 0 radical (unpaired) electrons. The van der Waals surface area contributed by atoms with Gasteiger partial charge >= 0.3 is 0 Å². The third kappa shape index (κ3) is 2.69. The predicted octanol–water partition coefficient (Wildman–Crippen LogP) is 2.77. The van der Waals surface area contributed by atoms with Crippen molar-refractivity contribution in [2.75, 3.05) is 13.7 Å². The van der Waals surface area contributed by atoms with Crippen LogP contribution in [0.15, 0.2) is 0 Å². The van der Waals surface area contributed by atoms with Crippen LogP contribution in [-0.2, 0) is 16.0 Å². The van der Waals surface area contributed by atoms with Crippen LogP contribution in [0.4, 0.5) is 0 Å². The van der Waals surface area contributed by atoms with E-state index < -0.39 is 0 Å². The van der Waals surface area contributed by atoms with Gasteiger partial charge in [0.1, 0.15) is 0 Å². The molecular formula is C18H29N3O2. The lowest BCUT2D eigenvalue weighted by Crippen LogP contribution is -2.64. The fourth-order valence-corrected chi connectivity index (χ4v) is 4.68. The minimum absolute atomic E-state index is 0.198. The van der Waals surface area contributed by atoms with E-state index in [2.05, 4.69) is 17.1 Å². The molecule has 3 rings (SSSR count). The molecule has 0 aliphatic heterocycles. The Balaban J connectivity index is 1.70. The van der Waals surface area contributed by atoms with Crippen LogP contribution in [0, 0.1) is 19.3 Å². The molecule has 1 spiro atoms. The van der Waals surface area contributed by atoms with Gasteiger partial charge in [0.05, 0.1) is 18.2 Å². The molecule has 0 unspecified atom stereocenters. The smallest absolute Gasteiger partial charge is 0.227 e. The zero-order valence-electron chi connectivity index (χ0n) is 14.8. The highest BCUT2D eigenvalue weighted by Gasteiger charge is 2.58. The van der Waals surface area contributed by atoms with Crippen molar-refractivity contribution in [3.63, 3.8) is 0 Å². The molecule has 1 aromatic heterocycles. The average molecular weight is 319 g/mol. The summed E-state index contributed by atoms with van der Waals surface area (Å²) in [6.45, 7) is 6.77. The fourth-order valence-electron chi connectivity index (χ4n) is 4.68. The molecule has 1 N–H and O–H groups in total. The first-order valence-electron chi connectivity index (χ1n) is 8.87. The van der Waals surface area contributed by atoms with E-state index in [0.717, 1.165) is 30.0 Å². The number of aryl methyl sites for hydroxylation is 2. The summed E-state index contributed by atoms with van der Waals surface area (Å²) in [5.74, 6) is 0.198. The molecule has 5 nitrogen and oxygen atoms in total. The molecule has 23 heavy (non-hydrogen) atoms. The van der Waals surface area contributed by atoms with Crippen molar-refractivity contribution in [3.8, 4) is 0 Å². The van der Waals surface area contributed by atoms with Crippen molar-refractivity contribution in [2.45, 2.75) is 71.4 Å². The van der Waals surface area contributed by atoms with Crippen LogP contribution in [0.5, 0.6) is 0 Å². The molecule has 2 atom stereocenters. The number of carbonyl (C=O) groups is 1. The van der Waals surface area contributed by atoms with Crippen LogP contribution in [-0.4, -0.2) is 46.8 Å². The van der Waals surface area contributed by atoms with Gasteiger partial charge in [0.25, 0.3) is 0 Å². The maximum Gasteiger partial charge on any atom is 0.227 e. The summed E-state index contributed by atoms with van der Waals surface area (Å²) >= 11 is 0. The SMILES string of the molecule is CCO[C@H]1C[C@H](N(C)C(=O)Cc2c(C)n[nH]c2C)C12CCCC2. The van der Waals surface area contributed by atoms with Crippen molar-refractivity contribution < 1.29 is 9.53 Å². The maximum atomic E-state index is 12.8. The van der Waals surface area contributed by atoms with Crippen molar-refractivity contribution >= 4 is 5.91 Å². The summed E-state index contributed by atoms with van der Waals surface area (Å²) in [4.78, 5) is 14.8. The first-order valence-corrected chi connectivity index (χ1v) is 8.87. The molecule has 0 aromatic carbocycles. The molecule has 2 aliphatic rings. The molecular weight excluding hydrogens is 290 g/mol. The Bertz CT molecular complexity index is 555. The number of ether oxygens (including phenoxy) is 1. The first kappa shape index (κ1) is 16.5. The Labute approximate surface area is 138 Å². The monoisotopic (exact) mass is 319 g/mol. The molecule has 2 aliphatic carbocycles. The summed E-state index contributed by atoms with van der Waals surface area (Å²) in [5.41, 5.74) is 3.19. The molecule has 5 heteroatoms. The van der Waals surface area contributed by atoms with Gasteiger partial charge in [-0.25, -0.2) is 0 Å². The van der Waals surface area contributed by atoms with Crippen LogP contribution in [0.3, 0.4) is 0 Å². The molecule has 2 saturated carbocycles. The molecule has 0 saturated heterocycles. The standard InChI is InChI=1S/C18H29N3O2/c1-5-23-16-11-15(18(16)8-6-7-9-18)21(4)17(22)10-14-12(2)19-20-13(14)3/h15-16H,5-11H2,1-4H3,(H,19,20)/t15-,16-/m0/s1. The van der Waals surface area contributed by atoms with Gasteiger partial charge in [0, 0.05) is 36.4 Å². The van der Waals surface area contributed by atoms with Crippen LogP contribution < -0.4 is 0 Å². The minimum Gasteiger partial charge on any atom is -0.378 e. The Morgan fingerprint density at radius 2 is 2.09 bits per heavy atom. The molecule has 2 fully saturated rings. The van der Waals surface area contributed by atoms with Gasteiger partial charge in [0.2, 0.25) is 5.91 Å². The van der Waals surface area contributed by atoms with E-state index in [1.807, 2.05) is 25.8 Å². The Morgan fingerprint density at radius 1 is 1.39 bits per heavy atom. The number of nitrogens with zero attached hydrogens (tertiary/aromatic N) is 2. The molecule has 1 heterocycles. The highest BCUT2D eigenvalue weighted by Crippen LogP contribution is 2.56. The summed E-state index contributed by atoms with van der Waals surface area (Å²) in [7, 11) is 1.97. The van der Waals surface area contributed by atoms with Gasteiger partial charge in [0.15, 0.2) is 0 Å². The largest absolute Gasteiger partial charge is 0.378 e. The third-order valence-corrected chi connectivity index (χ3v) is 6.11.